The van der Waals surface area contributed by atoms with Crippen molar-refractivity contribution in [3.63, 3.8) is 0 Å². The standard InChI is InChI=1S/C22H20ClNO2/c1-16(24-22(25)15-26-21-10-6-5-9-20(21)23)17-11-13-19(14-12-17)18-7-3-2-4-8-18/h2-14,16H,15H2,1H3,(H,24,25)/t16-/m1/s1. The van der Waals surface area contributed by atoms with Crippen LogP contribution in [0.25, 0.3) is 11.1 Å². The molecule has 0 saturated carbocycles. The minimum Gasteiger partial charge on any atom is -0.482 e. The second-order valence-corrected chi connectivity index (χ2v) is 6.40. The number of para-hydroxylation sites is 1. The van der Waals surface area contributed by atoms with Crippen LogP contribution >= 0.6 is 11.6 Å². The number of carbonyl (C=O) groups excluding carboxylic acids is 1. The fraction of sp³-hybridized carbons (Fsp3) is 0.136. The first kappa shape index (κ1) is 18.0. The molecule has 0 spiro atoms. The molecule has 0 fully saturated rings. The maximum atomic E-state index is 12.1. The molecule has 0 aromatic heterocycles. The lowest BCUT2D eigenvalue weighted by molar-refractivity contribution is -0.123. The Hall–Kier alpha value is -2.78. The number of hydrogen-bond acceptors (Lipinski definition) is 2. The van der Waals surface area contributed by atoms with Gasteiger partial charge in [0.05, 0.1) is 11.1 Å². The third kappa shape index (κ3) is 4.64. The topological polar surface area (TPSA) is 38.3 Å². The smallest absolute Gasteiger partial charge is 0.258 e. The molecule has 0 heterocycles. The number of hydrogen-bond donors (Lipinski definition) is 1. The zero-order valence-electron chi connectivity index (χ0n) is 14.5. The van der Waals surface area contributed by atoms with Crippen LogP contribution < -0.4 is 10.1 Å². The minimum absolute atomic E-state index is 0.0732. The average molecular weight is 366 g/mol. The van der Waals surface area contributed by atoms with Crippen molar-refractivity contribution < 1.29 is 9.53 Å². The first-order valence-corrected chi connectivity index (χ1v) is 8.83. The van der Waals surface area contributed by atoms with Gasteiger partial charge in [0.25, 0.3) is 5.91 Å². The summed E-state index contributed by atoms with van der Waals surface area (Å²) in [5.41, 5.74) is 3.36. The minimum atomic E-state index is -0.190. The number of halogens is 1. The van der Waals surface area contributed by atoms with Crippen LogP contribution in [0.15, 0.2) is 78.9 Å². The highest BCUT2D eigenvalue weighted by molar-refractivity contribution is 6.32. The summed E-state index contributed by atoms with van der Waals surface area (Å²) < 4.78 is 5.47. The average Bonchev–Trinajstić information content (AvgIpc) is 2.68. The molecular formula is C22H20ClNO2. The highest BCUT2D eigenvalue weighted by atomic mass is 35.5. The molecule has 0 aliphatic carbocycles. The summed E-state index contributed by atoms with van der Waals surface area (Å²) in [4.78, 5) is 12.1. The third-order valence-electron chi connectivity index (χ3n) is 4.09. The van der Waals surface area contributed by atoms with Crippen molar-refractivity contribution in [2.24, 2.45) is 0 Å². The van der Waals surface area contributed by atoms with E-state index in [0.717, 1.165) is 11.1 Å². The van der Waals surface area contributed by atoms with E-state index in [1.54, 1.807) is 12.1 Å². The maximum Gasteiger partial charge on any atom is 0.258 e. The van der Waals surface area contributed by atoms with Crippen LogP contribution in [0.2, 0.25) is 5.02 Å². The Bertz CT molecular complexity index is 863. The Morgan fingerprint density at radius 3 is 2.23 bits per heavy atom. The predicted molar refractivity (Wildman–Crippen MR) is 105 cm³/mol. The van der Waals surface area contributed by atoms with E-state index >= 15 is 0 Å². The molecule has 1 amide bonds. The Morgan fingerprint density at radius 2 is 1.54 bits per heavy atom. The molecule has 132 valence electrons. The molecular weight excluding hydrogens is 346 g/mol. The van der Waals surface area contributed by atoms with Crippen molar-refractivity contribution in [2.75, 3.05) is 6.61 Å². The van der Waals surface area contributed by atoms with E-state index < -0.39 is 0 Å². The number of rotatable bonds is 6. The summed E-state index contributed by atoms with van der Waals surface area (Å²) in [7, 11) is 0. The molecule has 1 N–H and O–H groups in total. The quantitative estimate of drug-likeness (QED) is 0.646. The summed E-state index contributed by atoms with van der Waals surface area (Å²) in [6, 6.07) is 25.4. The van der Waals surface area contributed by atoms with E-state index in [-0.39, 0.29) is 18.6 Å². The first-order chi connectivity index (χ1) is 12.6. The molecule has 0 aliphatic heterocycles. The van der Waals surface area contributed by atoms with Gasteiger partial charge in [0.15, 0.2) is 6.61 Å². The van der Waals surface area contributed by atoms with Gasteiger partial charge in [-0.1, -0.05) is 78.3 Å². The van der Waals surface area contributed by atoms with Crippen LogP contribution in [0.1, 0.15) is 18.5 Å². The predicted octanol–water partition coefficient (Wildman–Crippen LogP) is 5.26. The molecule has 0 saturated heterocycles. The summed E-state index contributed by atoms with van der Waals surface area (Å²) in [6.45, 7) is 1.88. The number of carbonyl (C=O) groups is 1. The molecule has 3 rings (SSSR count). The van der Waals surface area contributed by atoms with E-state index in [9.17, 15) is 4.79 Å². The number of nitrogens with one attached hydrogen (secondary N) is 1. The molecule has 26 heavy (non-hydrogen) atoms. The van der Waals surface area contributed by atoms with Gasteiger partial charge in [-0.2, -0.15) is 0 Å². The zero-order valence-corrected chi connectivity index (χ0v) is 15.2. The molecule has 4 heteroatoms. The van der Waals surface area contributed by atoms with Crippen LogP contribution in [0, 0.1) is 0 Å². The fourth-order valence-electron chi connectivity index (χ4n) is 2.67. The Morgan fingerprint density at radius 1 is 0.923 bits per heavy atom. The van der Waals surface area contributed by atoms with Crippen molar-refractivity contribution in [3.05, 3.63) is 89.4 Å². The molecule has 1 atom stereocenters. The largest absolute Gasteiger partial charge is 0.482 e. The van der Waals surface area contributed by atoms with Gasteiger partial charge in [0.2, 0.25) is 0 Å². The summed E-state index contributed by atoms with van der Waals surface area (Å²) in [5, 5.41) is 3.43. The fourth-order valence-corrected chi connectivity index (χ4v) is 2.86. The van der Waals surface area contributed by atoms with Crippen LogP contribution in [-0.4, -0.2) is 12.5 Å². The van der Waals surface area contributed by atoms with E-state index in [0.29, 0.717) is 10.8 Å². The number of ether oxygens (including phenoxy) is 1. The van der Waals surface area contributed by atoms with Gasteiger partial charge in [-0.3, -0.25) is 4.79 Å². The Labute approximate surface area is 158 Å². The van der Waals surface area contributed by atoms with Crippen molar-refractivity contribution in [1.29, 1.82) is 0 Å². The normalized spacial score (nSPS) is 11.6. The second kappa shape index (κ2) is 8.54. The van der Waals surface area contributed by atoms with Crippen LogP contribution in [0.4, 0.5) is 0 Å². The number of benzene rings is 3. The van der Waals surface area contributed by atoms with Gasteiger partial charge in [-0.15, -0.1) is 0 Å². The van der Waals surface area contributed by atoms with Gasteiger partial charge in [0, 0.05) is 0 Å². The highest BCUT2D eigenvalue weighted by Gasteiger charge is 2.11. The van der Waals surface area contributed by atoms with E-state index in [1.807, 2.05) is 49.4 Å². The SMILES string of the molecule is C[C@@H](NC(=O)COc1ccccc1Cl)c1ccc(-c2ccccc2)cc1. The molecule has 3 aromatic carbocycles. The van der Waals surface area contributed by atoms with Crippen LogP contribution in [-0.2, 0) is 4.79 Å². The molecule has 3 nitrogen and oxygen atoms in total. The molecule has 0 bridgehead atoms. The van der Waals surface area contributed by atoms with E-state index in [2.05, 4.69) is 29.6 Å². The lowest BCUT2D eigenvalue weighted by Gasteiger charge is -2.15. The summed E-state index contributed by atoms with van der Waals surface area (Å²) in [5.74, 6) is 0.314. The van der Waals surface area contributed by atoms with E-state index in [1.165, 1.54) is 5.56 Å². The zero-order chi connectivity index (χ0) is 18.4. The van der Waals surface area contributed by atoms with E-state index in [4.69, 9.17) is 16.3 Å². The highest BCUT2D eigenvalue weighted by Crippen LogP contribution is 2.23. The lowest BCUT2D eigenvalue weighted by atomic mass is 10.0. The van der Waals surface area contributed by atoms with Crippen molar-refractivity contribution >= 4 is 17.5 Å². The van der Waals surface area contributed by atoms with Gasteiger partial charge in [0.1, 0.15) is 5.75 Å². The summed E-state index contributed by atoms with van der Waals surface area (Å²) >= 11 is 6.02. The Balaban J connectivity index is 1.56. The van der Waals surface area contributed by atoms with Crippen LogP contribution in [0.3, 0.4) is 0 Å². The molecule has 0 aliphatic rings. The molecule has 3 aromatic rings. The Kier molecular flexibility index (Phi) is 5.92. The van der Waals surface area contributed by atoms with Crippen LogP contribution in [0.5, 0.6) is 5.75 Å². The van der Waals surface area contributed by atoms with Crippen molar-refractivity contribution in [2.45, 2.75) is 13.0 Å². The van der Waals surface area contributed by atoms with Crippen molar-refractivity contribution in [1.82, 2.24) is 5.32 Å². The first-order valence-electron chi connectivity index (χ1n) is 8.45. The molecule has 0 radical (unpaired) electrons. The monoisotopic (exact) mass is 365 g/mol. The van der Waals surface area contributed by atoms with Gasteiger partial charge < -0.3 is 10.1 Å². The second-order valence-electron chi connectivity index (χ2n) is 6.00. The van der Waals surface area contributed by atoms with Gasteiger partial charge in [-0.25, -0.2) is 0 Å². The molecule has 0 unspecified atom stereocenters. The lowest BCUT2D eigenvalue weighted by Crippen LogP contribution is -2.31. The summed E-state index contributed by atoms with van der Waals surface area (Å²) in [6.07, 6.45) is 0. The van der Waals surface area contributed by atoms with Gasteiger partial charge in [-0.05, 0) is 35.7 Å². The third-order valence-corrected chi connectivity index (χ3v) is 4.40. The maximum absolute atomic E-state index is 12.1. The van der Waals surface area contributed by atoms with Gasteiger partial charge >= 0.3 is 0 Å². The number of amides is 1. The van der Waals surface area contributed by atoms with Crippen molar-refractivity contribution in [3.8, 4) is 16.9 Å².